The van der Waals surface area contributed by atoms with Gasteiger partial charge in [0.05, 0.1) is 0 Å². The van der Waals surface area contributed by atoms with E-state index in [0.29, 0.717) is 0 Å². The van der Waals surface area contributed by atoms with E-state index in [1.165, 1.54) is 110 Å². The summed E-state index contributed by atoms with van der Waals surface area (Å²) < 4.78 is 4.44. The summed E-state index contributed by atoms with van der Waals surface area (Å²) in [5, 5.41) is 4.53. The molecule has 0 aliphatic carbocycles. The fourth-order valence-corrected chi connectivity index (χ4v) is 7.72. The van der Waals surface area contributed by atoms with Crippen LogP contribution in [-0.4, -0.2) is 0 Å². The minimum atomic E-state index is 1.27. The Hall–Kier alpha value is -1.38. The van der Waals surface area contributed by atoms with E-state index in [9.17, 15) is 0 Å². The van der Waals surface area contributed by atoms with Gasteiger partial charge in [-0.15, -0.1) is 22.7 Å². The van der Waals surface area contributed by atoms with Gasteiger partial charge in [-0.1, -0.05) is 102 Å². The molecule has 0 radical (unpaired) electrons. The molecule has 32 heavy (non-hydrogen) atoms. The van der Waals surface area contributed by atoms with Crippen LogP contribution in [0.25, 0.3) is 30.3 Å². The van der Waals surface area contributed by atoms with E-state index in [2.05, 4.69) is 61.6 Å². The Kier molecular flexibility index (Phi) is 9.05. The van der Waals surface area contributed by atoms with E-state index in [1.54, 1.807) is 20.5 Å². The molecule has 0 saturated heterocycles. The zero-order chi connectivity index (χ0) is 22.2. The maximum absolute atomic E-state index is 2.45. The van der Waals surface area contributed by atoms with Crippen LogP contribution in [0.1, 0.15) is 101 Å². The molecule has 0 bridgehead atoms. The van der Waals surface area contributed by atoms with Gasteiger partial charge in [-0.25, -0.2) is 0 Å². The van der Waals surface area contributed by atoms with Gasteiger partial charge in [0.15, 0.2) is 0 Å². The molecule has 172 valence electrons. The first-order valence-electron chi connectivity index (χ1n) is 13.2. The molecule has 0 aliphatic rings. The molecule has 0 spiro atoms. The Labute approximate surface area is 203 Å². The van der Waals surface area contributed by atoms with E-state index in [0.717, 1.165) is 0 Å². The molecule has 0 N–H and O–H groups in total. The molecule has 2 heterocycles. The fraction of sp³-hybridized carbons (Fsp3) is 0.533. The minimum absolute atomic E-state index is 1.27. The highest BCUT2D eigenvalue weighted by Gasteiger charge is 2.16. The van der Waals surface area contributed by atoms with Crippen LogP contribution < -0.4 is 0 Å². The number of fused-ring (bicyclic) bond motifs is 5. The summed E-state index contributed by atoms with van der Waals surface area (Å²) in [5.41, 5.74) is 1.69. The van der Waals surface area contributed by atoms with Crippen LogP contribution in [0, 0.1) is 0 Å². The van der Waals surface area contributed by atoms with E-state index in [4.69, 9.17) is 0 Å². The normalized spacial score (nSPS) is 11.9. The van der Waals surface area contributed by atoms with Crippen LogP contribution >= 0.6 is 22.7 Å². The Balaban J connectivity index is 1.58. The molecule has 2 aromatic heterocycles. The highest BCUT2D eigenvalue weighted by molar-refractivity contribution is 7.27. The topological polar surface area (TPSA) is 0 Å². The van der Waals surface area contributed by atoms with Crippen molar-refractivity contribution in [3.63, 3.8) is 0 Å². The second-order valence-corrected chi connectivity index (χ2v) is 11.6. The smallest absolute Gasteiger partial charge is 0.0441 e. The van der Waals surface area contributed by atoms with Crippen molar-refractivity contribution in [3.05, 3.63) is 46.8 Å². The number of benzene rings is 2. The third kappa shape index (κ3) is 5.57. The second kappa shape index (κ2) is 12.2. The van der Waals surface area contributed by atoms with Gasteiger partial charge in [-0.2, -0.15) is 0 Å². The first-order chi connectivity index (χ1) is 15.8. The molecular weight excluding hydrogens is 424 g/mol. The van der Waals surface area contributed by atoms with E-state index in [1.807, 2.05) is 11.3 Å². The van der Waals surface area contributed by atoms with Gasteiger partial charge in [0.25, 0.3) is 0 Å². The summed E-state index contributed by atoms with van der Waals surface area (Å²) >= 11 is 4.08. The van der Waals surface area contributed by atoms with Gasteiger partial charge in [-0.05, 0) is 48.8 Å². The van der Waals surface area contributed by atoms with Gasteiger partial charge < -0.3 is 0 Å². The third-order valence-corrected chi connectivity index (χ3v) is 9.38. The van der Waals surface area contributed by atoms with Crippen molar-refractivity contribution in [2.24, 2.45) is 0 Å². The number of unbranched alkanes of at least 4 members (excludes halogenated alkanes) is 10. The Bertz CT molecular complexity index is 1110. The van der Waals surface area contributed by atoms with Crippen molar-refractivity contribution in [2.45, 2.75) is 104 Å². The number of rotatable bonds is 14. The maximum atomic E-state index is 2.45. The van der Waals surface area contributed by atoms with Crippen molar-refractivity contribution >= 4 is 52.9 Å². The molecule has 4 rings (SSSR count). The highest BCUT2D eigenvalue weighted by Crippen LogP contribution is 2.44. The number of hydrogen-bond acceptors (Lipinski definition) is 2. The van der Waals surface area contributed by atoms with Crippen molar-refractivity contribution in [1.82, 2.24) is 0 Å². The van der Waals surface area contributed by atoms with Crippen molar-refractivity contribution in [3.8, 4) is 0 Å². The average molecular weight is 465 g/mol. The quantitative estimate of drug-likeness (QED) is 0.163. The fourth-order valence-electron chi connectivity index (χ4n) is 5.09. The lowest BCUT2D eigenvalue weighted by atomic mass is 9.99. The molecule has 0 fully saturated rings. The number of aryl methyl sites for hydroxylation is 2. The van der Waals surface area contributed by atoms with Crippen molar-refractivity contribution < 1.29 is 0 Å². The van der Waals surface area contributed by atoms with Crippen molar-refractivity contribution in [1.29, 1.82) is 0 Å². The lowest BCUT2D eigenvalue weighted by Gasteiger charge is -2.06. The van der Waals surface area contributed by atoms with Crippen LogP contribution in [0.5, 0.6) is 0 Å². The van der Waals surface area contributed by atoms with Gasteiger partial charge in [-0.3, -0.25) is 0 Å². The molecule has 0 atom stereocenters. The van der Waals surface area contributed by atoms with Crippen molar-refractivity contribution in [2.75, 3.05) is 0 Å². The van der Waals surface area contributed by atoms with Gasteiger partial charge in [0.1, 0.15) is 0 Å². The number of thiophene rings is 2. The van der Waals surface area contributed by atoms with Crippen LogP contribution in [0.15, 0.2) is 36.4 Å². The molecule has 0 saturated carbocycles. The lowest BCUT2D eigenvalue weighted by Crippen LogP contribution is -1.92. The van der Waals surface area contributed by atoms with Gasteiger partial charge >= 0.3 is 0 Å². The molecule has 0 unspecified atom stereocenters. The zero-order valence-corrected chi connectivity index (χ0v) is 21.8. The molecule has 2 heteroatoms. The Morgan fingerprint density at radius 3 is 1.97 bits per heavy atom. The lowest BCUT2D eigenvalue weighted by molar-refractivity contribution is 0.601. The minimum Gasteiger partial charge on any atom is -0.139 e. The summed E-state index contributed by atoms with van der Waals surface area (Å²) in [4.78, 5) is 1.69. The summed E-state index contributed by atoms with van der Waals surface area (Å²) in [5.74, 6) is 0. The zero-order valence-electron chi connectivity index (χ0n) is 20.2. The predicted molar refractivity (Wildman–Crippen MR) is 149 cm³/mol. The molecule has 0 aliphatic heterocycles. The molecule has 2 aromatic carbocycles. The van der Waals surface area contributed by atoms with Crippen LogP contribution in [-0.2, 0) is 12.8 Å². The number of hydrogen-bond donors (Lipinski definition) is 0. The SMILES string of the molecule is CCCCCCCCc1sc2c(ccc3sc4ccccc4c32)c1CCCCCCCC. The summed E-state index contributed by atoms with van der Waals surface area (Å²) in [6, 6.07) is 13.8. The van der Waals surface area contributed by atoms with E-state index in [-0.39, 0.29) is 0 Å². The molecule has 4 aromatic rings. The summed E-state index contributed by atoms with van der Waals surface area (Å²) in [6.45, 7) is 4.61. The summed E-state index contributed by atoms with van der Waals surface area (Å²) in [7, 11) is 0. The standard InChI is InChI=1S/C30H40S2/c1-3-5-7-9-11-13-17-23-24-21-22-28-29(25-18-15-16-20-27(25)31-28)30(24)32-26(23)19-14-12-10-8-6-4-2/h15-16,18,20-22H,3-14,17,19H2,1-2H3. The highest BCUT2D eigenvalue weighted by atomic mass is 32.1. The predicted octanol–water partition coefficient (Wildman–Crippen LogP) is 11.1. The largest absolute Gasteiger partial charge is 0.139 e. The summed E-state index contributed by atoms with van der Waals surface area (Å²) in [6.07, 6.45) is 19.1. The van der Waals surface area contributed by atoms with Crippen LogP contribution in [0.4, 0.5) is 0 Å². The first-order valence-corrected chi connectivity index (χ1v) is 14.8. The molecular formula is C30H40S2. The van der Waals surface area contributed by atoms with E-state index < -0.39 is 0 Å². The Morgan fingerprint density at radius 2 is 1.22 bits per heavy atom. The van der Waals surface area contributed by atoms with E-state index >= 15 is 0 Å². The Morgan fingerprint density at radius 1 is 0.562 bits per heavy atom. The maximum Gasteiger partial charge on any atom is 0.0441 e. The third-order valence-electron chi connectivity index (χ3n) is 6.92. The average Bonchev–Trinajstić information content (AvgIpc) is 3.36. The first kappa shape index (κ1) is 23.8. The monoisotopic (exact) mass is 464 g/mol. The molecule has 0 amide bonds. The second-order valence-electron chi connectivity index (χ2n) is 9.45. The van der Waals surface area contributed by atoms with Crippen LogP contribution in [0.3, 0.4) is 0 Å². The van der Waals surface area contributed by atoms with Gasteiger partial charge in [0, 0.05) is 29.7 Å². The van der Waals surface area contributed by atoms with Crippen LogP contribution in [0.2, 0.25) is 0 Å². The van der Waals surface area contributed by atoms with Gasteiger partial charge in [0.2, 0.25) is 0 Å². The molecule has 0 nitrogen and oxygen atoms in total.